The van der Waals surface area contributed by atoms with Gasteiger partial charge in [0.15, 0.2) is 0 Å². The first kappa shape index (κ1) is 17.4. The van der Waals surface area contributed by atoms with Gasteiger partial charge in [0.2, 0.25) is 5.82 Å². The molecule has 0 unspecified atom stereocenters. The summed E-state index contributed by atoms with van der Waals surface area (Å²) in [6, 6.07) is 4.74. The molecule has 1 aliphatic rings. The molecule has 1 saturated heterocycles. The lowest BCUT2D eigenvalue weighted by Crippen LogP contribution is -2.41. The molecule has 1 aliphatic heterocycles. The zero-order valence-electron chi connectivity index (χ0n) is 13.5. The van der Waals surface area contributed by atoms with E-state index in [-0.39, 0.29) is 10.7 Å². The summed E-state index contributed by atoms with van der Waals surface area (Å²) in [6.07, 6.45) is -4.67. The van der Waals surface area contributed by atoms with Gasteiger partial charge in [-0.1, -0.05) is 23.7 Å². The highest BCUT2D eigenvalue weighted by Crippen LogP contribution is 2.37. The zero-order chi connectivity index (χ0) is 17.9. The van der Waals surface area contributed by atoms with Crippen molar-refractivity contribution in [3.63, 3.8) is 0 Å². The molecule has 0 saturated carbocycles. The van der Waals surface area contributed by atoms with E-state index in [1.807, 2.05) is 27.7 Å². The van der Waals surface area contributed by atoms with Crippen molar-refractivity contribution in [3.8, 4) is 0 Å². The number of fused-ring (bicyclic) bond motifs is 1. The molecule has 4 nitrogen and oxygen atoms in total. The fraction of sp³-hybridized carbons (Fsp3) is 0.467. The first-order valence-corrected chi connectivity index (χ1v) is 7.68. The standard InChI is InChI=1S/C15H15BClF3N2O2/c1-13(2)14(3,4)24-16(23-13)8-5-6-9-10(7-8)21-12(15(18,19)20)22-11(9)17/h5-7H,1-4H3. The van der Waals surface area contributed by atoms with Crippen LogP contribution in [0.3, 0.4) is 0 Å². The minimum atomic E-state index is -4.67. The van der Waals surface area contributed by atoms with Crippen LogP contribution in [0.4, 0.5) is 13.2 Å². The molecule has 128 valence electrons. The SMILES string of the molecule is CC1(C)OB(c2ccc3c(Cl)nc(C(F)(F)F)nc3c2)OC1(C)C. The number of hydrogen-bond donors (Lipinski definition) is 0. The number of nitrogens with zero attached hydrogens (tertiary/aromatic N) is 2. The molecule has 2 heterocycles. The molecule has 2 aromatic rings. The topological polar surface area (TPSA) is 44.2 Å². The molecule has 0 N–H and O–H groups in total. The second-order valence-corrected chi connectivity index (χ2v) is 7.06. The third kappa shape index (κ3) is 2.87. The second-order valence-electron chi connectivity index (χ2n) is 6.70. The number of alkyl halides is 3. The van der Waals surface area contributed by atoms with E-state index in [9.17, 15) is 13.2 Å². The molecule has 0 spiro atoms. The van der Waals surface area contributed by atoms with Crippen LogP contribution in [0.2, 0.25) is 5.15 Å². The Morgan fingerprint density at radius 3 is 2.17 bits per heavy atom. The minimum absolute atomic E-state index is 0.0922. The van der Waals surface area contributed by atoms with Gasteiger partial charge in [0.1, 0.15) is 5.15 Å². The summed E-state index contributed by atoms with van der Waals surface area (Å²) >= 11 is 5.86. The molecule has 3 rings (SSSR count). The lowest BCUT2D eigenvalue weighted by molar-refractivity contribution is -0.144. The van der Waals surface area contributed by atoms with E-state index in [2.05, 4.69) is 9.97 Å². The number of aromatic nitrogens is 2. The van der Waals surface area contributed by atoms with Gasteiger partial charge >= 0.3 is 13.3 Å². The highest BCUT2D eigenvalue weighted by atomic mass is 35.5. The van der Waals surface area contributed by atoms with Gasteiger partial charge in [0.05, 0.1) is 16.7 Å². The number of benzene rings is 1. The lowest BCUT2D eigenvalue weighted by atomic mass is 9.79. The maximum Gasteiger partial charge on any atom is 0.494 e. The van der Waals surface area contributed by atoms with Gasteiger partial charge in [-0.3, -0.25) is 0 Å². The Hall–Kier alpha value is -1.38. The monoisotopic (exact) mass is 358 g/mol. The molecule has 1 aromatic heterocycles. The van der Waals surface area contributed by atoms with Crippen molar-refractivity contribution in [1.82, 2.24) is 9.97 Å². The maximum absolute atomic E-state index is 12.9. The average Bonchev–Trinajstić information content (AvgIpc) is 2.66. The number of halogens is 4. The van der Waals surface area contributed by atoms with Gasteiger partial charge in [-0.2, -0.15) is 13.2 Å². The highest BCUT2D eigenvalue weighted by Gasteiger charge is 2.51. The Bertz CT molecular complexity index is 795. The molecular weight excluding hydrogens is 343 g/mol. The summed E-state index contributed by atoms with van der Waals surface area (Å²) < 4.78 is 50.4. The molecule has 0 radical (unpaired) electrons. The van der Waals surface area contributed by atoms with Crippen LogP contribution in [0.25, 0.3) is 10.9 Å². The quantitative estimate of drug-likeness (QED) is 0.577. The molecule has 0 atom stereocenters. The number of rotatable bonds is 1. The molecule has 0 amide bonds. The molecule has 0 bridgehead atoms. The third-order valence-electron chi connectivity index (χ3n) is 4.45. The first-order chi connectivity index (χ1) is 10.9. The van der Waals surface area contributed by atoms with Gasteiger partial charge in [0.25, 0.3) is 0 Å². The fourth-order valence-electron chi connectivity index (χ4n) is 2.36. The largest absolute Gasteiger partial charge is 0.494 e. The molecule has 0 aliphatic carbocycles. The normalized spacial score (nSPS) is 19.9. The van der Waals surface area contributed by atoms with Crippen molar-refractivity contribution in [2.45, 2.75) is 45.1 Å². The van der Waals surface area contributed by atoms with E-state index in [0.717, 1.165) is 0 Å². The molecule has 24 heavy (non-hydrogen) atoms. The highest BCUT2D eigenvalue weighted by molar-refractivity contribution is 6.62. The Balaban J connectivity index is 2.06. The van der Waals surface area contributed by atoms with Crippen LogP contribution < -0.4 is 5.46 Å². The Morgan fingerprint density at radius 1 is 1.04 bits per heavy atom. The van der Waals surface area contributed by atoms with Crippen molar-refractivity contribution >= 4 is 35.1 Å². The second kappa shape index (κ2) is 5.31. The summed E-state index contributed by atoms with van der Waals surface area (Å²) in [5.74, 6) is -1.27. The molecular formula is C15H15BClF3N2O2. The summed E-state index contributed by atoms with van der Waals surface area (Å²) in [5, 5.41) is 0.0951. The van der Waals surface area contributed by atoms with Crippen LogP contribution in [-0.4, -0.2) is 28.3 Å². The summed E-state index contributed by atoms with van der Waals surface area (Å²) in [7, 11) is -0.692. The van der Waals surface area contributed by atoms with Crippen LogP contribution >= 0.6 is 11.6 Å². The lowest BCUT2D eigenvalue weighted by Gasteiger charge is -2.32. The molecule has 9 heteroatoms. The van der Waals surface area contributed by atoms with Crippen LogP contribution in [0.1, 0.15) is 33.5 Å². The fourth-order valence-corrected chi connectivity index (χ4v) is 2.60. The van der Waals surface area contributed by atoms with Gasteiger partial charge in [0, 0.05) is 5.39 Å². The predicted molar refractivity (Wildman–Crippen MR) is 85.3 cm³/mol. The van der Waals surface area contributed by atoms with E-state index in [1.165, 1.54) is 6.07 Å². The summed E-state index contributed by atoms with van der Waals surface area (Å²) in [4.78, 5) is 6.89. The first-order valence-electron chi connectivity index (χ1n) is 7.31. The van der Waals surface area contributed by atoms with Crippen molar-refractivity contribution in [2.24, 2.45) is 0 Å². The van der Waals surface area contributed by atoms with E-state index in [0.29, 0.717) is 10.8 Å². The summed E-state index contributed by atoms with van der Waals surface area (Å²) in [5.41, 5.74) is -0.432. The van der Waals surface area contributed by atoms with Gasteiger partial charge in [-0.15, -0.1) is 0 Å². The van der Waals surface area contributed by atoms with E-state index in [4.69, 9.17) is 20.9 Å². The van der Waals surface area contributed by atoms with Crippen LogP contribution in [0.15, 0.2) is 18.2 Å². The predicted octanol–water partition coefficient (Wildman–Crippen LogP) is 3.60. The van der Waals surface area contributed by atoms with Crippen molar-refractivity contribution < 1.29 is 22.5 Å². The van der Waals surface area contributed by atoms with Gasteiger partial charge in [-0.25, -0.2) is 9.97 Å². The van der Waals surface area contributed by atoms with Crippen molar-refractivity contribution in [3.05, 3.63) is 29.2 Å². The van der Waals surface area contributed by atoms with Crippen LogP contribution in [0, 0.1) is 0 Å². The van der Waals surface area contributed by atoms with Gasteiger partial charge < -0.3 is 9.31 Å². The smallest absolute Gasteiger partial charge is 0.399 e. The van der Waals surface area contributed by atoms with E-state index >= 15 is 0 Å². The van der Waals surface area contributed by atoms with Crippen LogP contribution in [-0.2, 0) is 15.5 Å². The average molecular weight is 359 g/mol. The molecule has 1 fully saturated rings. The van der Waals surface area contributed by atoms with Crippen molar-refractivity contribution in [2.75, 3.05) is 0 Å². The van der Waals surface area contributed by atoms with E-state index < -0.39 is 30.3 Å². The third-order valence-corrected chi connectivity index (χ3v) is 4.74. The van der Waals surface area contributed by atoms with E-state index in [1.54, 1.807) is 12.1 Å². The van der Waals surface area contributed by atoms with Gasteiger partial charge in [-0.05, 0) is 39.2 Å². The Morgan fingerprint density at radius 2 is 1.62 bits per heavy atom. The van der Waals surface area contributed by atoms with Crippen LogP contribution in [0.5, 0.6) is 0 Å². The maximum atomic E-state index is 12.9. The minimum Gasteiger partial charge on any atom is -0.399 e. The Kier molecular flexibility index (Phi) is 3.86. The summed E-state index contributed by atoms with van der Waals surface area (Å²) in [6.45, 7) is 7.59. The molecule has 1 aromatic carbocycles. The zero-order valence-corrected chi connectivity index (χ0v) is 14.3. The Labute approximate surface area is 142 Å². The number of hydrogen-bond acceptors (Lipinski definition) is 4. The van der Waals surface area contributed by atoms with Crippen molar-refractivity contribution in [1.29, 1.82) is 0 Å².